The second-order valence-electron chi connectivity index (χ2n) is 6.90. The van der Waals surface area contributed by atoms with Crippen LogP contribution in [0.1, 0.15) is 11.1 Å². The first-order chi connectivity index (χ1) is 13.6. The fourth-order valence-electron chi connectivity index (χ4n) is 3.05. The molecule has 3 aromatic carbocycles. The Kier molecular flexibility index (Phi) is 6.89. The first-order valence-electron chi connectivity index (χ1n) is 9.36. The van der Waals surface area contributed by atoms with Crippen LogP contribution < -0.4 is 16.2 Å². The molecule has 0 amide bonds. The number of nitrogens with zero attached hydrogens (tertiary/aromatic N) is 1. The zero-order chi connectivity index (χ0) is 19.8. The molecule has 0 saturated heterocycles. The van der Waals surface area contributed by atoms with Crippen molar-refractivity contribution < 1.29 is 9.84 Å². The molecule has 5 nitrogen and oxygen atoms in total. The van der Waals surface area contributed by atoms with Crippen molar-refractivity contribution in [2.75, 3.05) is 24.6 Å². The van der Waals surface area contributed by atoms with E-state index in [0.29, 0.717) is 23.7 Å². The van der Waals surface area contributed by atoms with Gasteiger partial charge < -0.3 is 21.3 Å². The van der Waals surface area contributed by atoms with Crippen molar-refractivity contribution in [3.63, 3.8) is 0 Å². The van der Waals surface area contributed by atoms with E-state index >= 15 is 0 Å². The average molecular weight is 377 g/mol. The average Bonchev–Trinajstić information content (AvgIpc) is 2.70. The van der Waals surface area contributed by atoms with E-state index in [2.05, 4.69) is 29.2 Å². The maximum absolute atomic E-state index is 10.5. The van der Waals surface area contributed by atoms with Crippen LogP contribution in [0, 0.1) is 0 Å². The van der Waals surface area contributed by atoms with E-state index in [1.807, 2.05) is 36.4 Å². The van der Waals surface area contributed by atoms with Gasteiger partial charge in [-0.2, -0.15) is 0 Å². The van der Waals surface area contributed by atoms with Crippen LogP contribution in [0.3, 0.4) is 0 Å². The minimum atomic E-state index is -0.633. The van der Waals surface area contributed by atoms with Crippen molar-refractivity contribution in [2.45, 2.75) is 19.2 Å². The molecule has 0 radical (unpaired) electrons. The van der Waals surface area contributed by atoms with Gasteiger partial charge in [0.15, 0.2) is 0 Å². The molecular weight excluding hydrogens is 350 g/mol. The maximum Gasteiger partial charge on any atom is 0.121 e. The molecule has 0 fully saturated rings. The number of nitrogen functional groups attached to an aromatic ring is 2. The molecule has 0 aromatic heterocycles. The Bertz CT molecular complexity index is 815. The van der Waals surface area contributed by atoms with Crippen molar-refractivity contribution in [3.05, 3.63) is 90.0 Å². The summed E-state index contributed by atoms with van der Waals surface area (Å²) >= 11 is 0. The molecule has 28 heavy (non-hydrogen) atoms. The van der Waals surface area contributed by atoms with Gasteiger partial charge in [0, 0.05) is 25.7 Å². The SMILES string of the molecule is Nc1ccc(OC[C@@H](O)CN(Cc2ccccc2)Cc2ccccc2)cc1N. The molecule has 0 saturated carbocycles. The number of nitrogens with two attached hydrogens (primary N) is 2. The highest BCUT2D eigenvalue weighted by atomic mass is 16.5. The smallest absolute Gasteiger partial charge is 0.121 e. The second-order valence-corrected chi connectivity index (χ2v) is 6.90. The van der Waals surface area contributed by atoms with E-state index in [1.54, 1.807) is 18.2 Å². The number of ether oxygens (including phenoxy) is 1. The first kappa shape index (κ1) is 19.7. The summed E-state index contributed by atoms with van der Waals surface area (Å²) in [6.45, 7) is 2.18. The Balaban J connectivity index is 1.61. The third-order valence-corrected chi connectivity index (χ3v) is 4.47. The summed E-state index contributed by atoms with van der Waals surface area (Å²) in [5.41, 5.74) is 14.9. The highest BCUT2D eigenvalue weighted by Gasteiger charge is 2.14. The lowest BCUT2D eigenvalue weighted by molar-refractivity contribution is 0.0629. The topological polar surface area (TPSA) is 84.7 Å². The molecule has 5 N–H and O–H groups in total. The van der Waals surface area contributed by atoms with Crippen molar-refractivity contribution in [1.82, 2.24) is 4.90 Å². The monoisotopic (exact) mass is 377 g/mol. The predicted molar refractivity (Wildman–Crippen MR) is 114 cm³/mol. The summed E-state index contributed by atoms with van der Waals surface area (Å²) in [5, 5.41) is 10.5. The van der Waals surface area contributed by atoms with Gasteiger partial charge in [0.2, 0.25) is 0 Å². The Morgan fingerprint density at radius 2 is 1.36 bits per heavy atom. The van der Waals surface area contributed by atoms with E-state index in [0.717, 1.165) is 13.1 Å². The quantitative estimate of drug-likeness (QED) is 0.498. The molecule has 0 aliphatic carbocycles. The summed E-state index contributed by atoms with van der Waals surface area (Å²) in [5.74, 6) is 0.600. The van der Waals surface area contributed by atoms with Gasteiger partial charge in [-0.1, -0.05) is 60.7 Å². The van der Waals surface area contributed by atoms with Crippen LogP contribution >= 0.6 is 0 Å². The van der Waals surface area contributed by atoms with Crippen LogP contribution in [0.4, 0.5) is 11.4 Å². The van der Waals surface area contributed by atoms with Gasteiger partial charge in [-0.15, -0.1) is 0 Å². The van der Waals surface area contributed by atoms with Gasteiger partial charge in [-0.25, -0.2) is 0 Å². The first-order valence-corrected chi connectivity index (χ1v) is 9.36. The summed E-state index contributed by atoms with van der Waals surface area (Å²) in [6, 6.07) is 25.6. The molecule has 0 spiro atoms. The van der Waals surface area contributed by atoms with Gasteiger partial charge in [-0.05, 0) is 23.3 Å². The Hall–Kier alpha value is -3.02. The van der Waals surface area contributed by atoms with Crippen LogP contribution in [-0.2, 0) is 13.1 Å². The van der Waals surface area contributed by atoms with Gasteiger partial charge >= 0.3 is 0 Å². The van der Waals surface area contributed by atoms with Crippen LogP contribution in [0.15, 0.2) is 78.9 Å². The molecule has 1 atom stereocenters. The maximum atomic E-state index is 10.5. The molecule has 0 aliphatic rings. The number of benzene rings is 3. The summed E-state index contributed by atoms with van der Waals surface area (Å²) < 4.78 is 5.69. The second kappa shape index (κ2) is 9.78. The van der Waals surface area contributed by atoms with Crippen molar-refractivity contribution >= 4 is 11.4 Å². The third-order valence-electron chi connectivity index (χ3n) is 4.47. The van der Waals surface area contributed by atoms with E-state index in [4.69, 9.17) is 16.2 Å². The highest BCUT2D eigenvalue weighted by molar-refractivity contribution is 5.65. The van der Waals surface area contributed by atoms with Crippen LogP contribution in [-0.4, -0.2) is 29.3 Å². The molecule has 3 aromatic rings. The largest absolute Gasteiger partial charge is 0.491 e. The summed E-state index contributed by atoms with van der Waals surface area (Å²) in [4.78, 5) is 2.22. The molecule has 0 bridgehead atoms. The van der Waals surface area contributed by atoms with Gasteiger partial charge in [-0.3, -0.25) is 4.90 Å². The Morgan fingerprint density at radius 1 is 0.786 bits per heavy atom. The van der Waals surface area contributed by atoms with Gasteiger partial charge in [0.05, 0.1) is 11.4 Å². The highest BCUT2D eigenvalue weighted by Crippen LogP contribution is 2.21. The van der Waals surface area contributed by atoms with Crippen molar-refractivity contribution in [1.29, 1.82) is 0 Å². The molecular formula is C23H27N3O2. The zero-order valence-corrected chi connectivity index (χ0v) is 15.9. The molecule has 0 aliphatic heterocycles. The third kappa shape index (κ3) is 6.01. The number of rotatable bonds is 9. The Labute approximate surface area is 166 Å². The van der Waals surface area contributed by atoms with E-state index in [-0.39, 0.29) is 6.61 Å². The lowest BCUT2D eigenvalue weighted by Gasteiger charge is -2.25. The molecule has 0 unspecified atom stereocenters. The fraction of sp³-hybridized carbons (Fsp3) is 0.217. The van der Waals surface area contributed by atoms with E-state index in [9.17, 15) is 5.11 Å². The summed E-state index contributed by atoms with van der Waals surface area (Å²) in [7, 11) is 0. The molecule has 146 valence electrons. The fourth-order valence-corrected chi connectivity index (χ4v) is 3.05. The van der Waals surface area contributed by atoms with E-state index < -0.39 is 6.10 Å². The van der Waals surface area contributed by atoms with Crippen molar-refractivity contribution in [2.24, 2.45) is 0 Å². The van der Waals surface area contributed by atoms with Crippen LogP contribution in [0.5, 0.6) is 5.75 Å². The van der Waals surface area contributed by atoms with Gasteiger partial charge in [0.1, 0.15) is 18.5 Å². The number of aliphatic hydroxyl groups excluding tert-OH is 1. The molecule has 3 rings (SSSR count). The lowest BCUT2D eigenvalue weighted by atomic mass is 10.1. The van der Waals surface area contributed by atoms with Crippen LogP contribution in [0.25, 0.3) is 0 Å². The predicted octanol–water partition coefficient (Wildman–Crippen LogP) is 3.29. The summed E-state index contributed by atoms with van der Waals surface area (Å²) in [6.07, 6.45) is -0.633. The van der Waals surface area contributed by atoms with Gasteiger partial charge in [0.25, 0.3) is 0 Å². The number of hydrogen-bond acceptors (Lipinski definition) is 5. The number of aliphatic hydroxyl groups is 1. The van der Waals surface area contributed by atoms with E-state index in [1.165, 1.54) is 11.1 Å². The minimum Gasteiger partial charge on any atom is -0.491 e. The minimum absolute atomic E-state index is 0.184. The molecule has 0 heterocycles. The van der Waals surface area contributed by atoms with Crippen LogP contribution in [0.2, 0.25) is 0 Å². The lowest BCUT2D eigenvalue weighted by Crippen LogP contribution is -2.35. The standard InChI is InChI=1S/C23H27N3O2/c24-22-12-11-21(13-23(22)25)28-17-20(27)16-26(14-18-7-3-1-4-8-18)15-19-9-5-2-6-10-19/h1-13,20,27H,14-17,24-25H2/t20-/m0/s1. The normalized spacial score (nSPS) is 12.1. The molecule has 5 heteroatoms. The zero-order valence-electron chi connectivity index (χ0n) is 15.9. The van der Waals surface area contributed by atoms with Crippen molar-refractivity contribution in [3.8, 4) is 5.75 Å². The number of hydrogen-bond donors (Lipinski definition) is 3. The Morgan fingerprint density at radius 3 is 1.89 bits per heavy atom. The number of anilines is 2.